The minimum atomic E-state index is -0.425. The number of nitrogens with two attached hydrogens (primary N) is 1. The van der Waals surface area contributed by atoms with Crippen LogP contribution in [0.2, 0.25) is 0 Å². The third kappa shape index (κ3) is 2.26. The molecule has 8 nitrogen and oxygen atoms in total. The molecule has 4 rings (SSSR count). The van der Waals surface area contributed by atoms with E-state index in [0.717, 1.165) is 10.9 Å². The fourth-order valence-electron chi connectivity index (χ4n) is 2.44. The third-order valence-electron chi connectivity index (χ3n) is 3.50. The molecule has 0 amide bonds. The van der Waals surface area contributed by atoms with Crippen molar-refractivity contribution >= 4 is 33.9 Å². The van der Waals surface area contributed by atoms with Crippen molar-refractivity contribution in [1.82, 2.24) is 24.5 Å². The molecule has 0 aliphatic heterocycles. The lowest BCUT2D eigenvalue weighted by atomic mass is 10.2. The number of rotatable bonds is 3. The molecule has 114 valence electrons. The molecule has 0 aliphatic rings. The Hall–Kier alpha value is -3.42. The highest BCUT2D eigenvalue weighted by atomic mass is 16.5. The van der Waals surface area contributed by atoms with E-state index >= 15 is 0 Å². The number of nitrogens with zero attached hydrogens (tertiary/aromatic N) is 4. The van der Waals surface area contributed by atoms with Crippen molar-refractivity contribution in [3.63, 3.8) is 0 Å². The maximum absolute atomic E-state index is 12.2. The van der Waals surface area contributed by atoms with Gasteiger partial charge in [-0.15, -0.1) is 0 Å². The first-order valence-corrected chi connectivity index (χ1v) is 6.90. The van der Waals surface area contributed by atoms with Crippen molar-refractivity contribution in [2.24, 2.45) is 0 Å². The predicted molar refractivity (Wildman–Crippen MR) is 83.7 cm³/mol. The zero-order chi connectivity index (χ0) is 15.8. The lowest BCUT2D eigenvalue weighted by Crippen LogP contribution is -2.16. The molecule has 0 bridgehead atoms. The second-order valence-corrected chi connectivity index (χ2v) is 4.98. The van der Waals surface area contributed by atoms with Crippen molar-refractivity contribution in [1.29, 1.82) is 0 Å². The van der Waals surface area contributed by atoms with E-state index in [4.69, 9.17) is 10.5 Å². The first-order valence-electron chi connectivity index (χ1n) is 6.90. The van der Waals surface area contributed by atoms with Crippen LogP contribution in [0.5, 0.6) is 5.75 Å². The molecule has 8 heteroatoms. The summed E-state index contributed by atoms with van der Waals surface area (Å²) in [6, 6.07) is 7.59. The molecule has 23 heavy (non-hydrogen) atoms. The standard InChI is InChI=1S/C15H12N6O2/c16-14-13-15(19-7-18-14)21(8-20-13)6-12(22)23-11-5-17-10-4-2-1-3-9(10)11/h1-5,7-8,17H,6H2,(H2,16,18,19). The highest BCUT2D eigenvalue weighted by Gasteiger charge is 2.14. The Morgan fingerprint density at radius 2 is 2.13 bits per heavy atom. The summed E-state index contributed by atoms with van der Waals surface area (Å²) in [4.78, 5) is 27.3. The van der Waals surface area contributed by atoms with E-state index in [1.54, 1.807) is 10.8 Å². The van der Waals surface area contributed by atoms with E-state index in [2.05, 4.69) is 19.9 Å². The molecule has 0 radical (unpaired) electrons. The number of anilines is 1. The molecule has 0 saturated heterocycles. The first-order chi connectivity index (χ1) is 11.2. The van der Waals surface area contributed by atoms with Crippen molar-refractivity contribution in [2.75, 3.05) is 5.73 Å². The number of ether oxygens (including phenoxy) is 1. The van der Waals surface area contributed by atoms with Crippen LogP contribution in [0.25, 0.3) is 22.1 Å². The van der Waals surface area contributed by atoms with Gasteiger partial charge in [0.05, 0.1) is 6.33 Å². The molecule has 0 fully saturated rings. The maximum Gasteiger partial charge on any atom is 0.331 e. The molecule has 3 aromatic heterocycles. The first kappa shape index (κ1) is 13.3. The molecule has 1 aromatic carbocycles. The van der Waals surface area contributed by atoms with Crippen molar-refractivity contribution in [3.05, 3.63) is 43.1 Å². The van der Waals surface area contributed by atoms with E-state index in [9.17, 15) is 4.79 Å². The van der Waals surface area contributed by atoms with Gasteiger partial charge in [-0.3, -0.25) is 0 Å². The van der Waals surface area contributed by atoms with Gasteiger partial charge in [0.25, 0.3) is 0 Å². The summed E-state index contributed by atoms with van der Waals surface area (Å²) in [5, 5.41) is 0.850. The van der Waals surface area contributed by atoms with Gasteiger partial charge in [-0.1, -0.05) is 12.1 Å². The molecule has 0 spiro atoms. The number of hydrogen-bond acceptors (Lipinski definition) is 6. The molecule has 0 atom stereocenters. The molecule has 0 unspecified atom stereocenters. The lowest BCUT2D eigenvalue weighted by Gasteiger charge is -2.04. The fourth-order valence-corrected chi connectivity index (χ4v) is 2.44. The van der Waals surface area contributed by atoms with Crippen LogP contribution in [0.4, 0.5) is 5.82 Å². The third-order valence-corrected chi connectivity index (χ3v) is 3.50. The average molecular weight is 308 g/mol. The van der Waals surface area contributed by atoms with Crippen LogP contribution in [0.15, 0.2) is 43.1 Å². The van der Waals surface area contributed by atoms with Gasteiger partial charge in [0.2, 0.25) is 0 Å². The minimum Gasteiger partial charge on any atom is -0.423 e. The van der Waals surface area contributed by atoms with Gasteiger partial charge in [0.1, 0.15) is 18.4 Å². The van der Waals surface area contributed by atoms with Gasteiger partial charge in [0.15, 0.2) is 17.2 Å². The number of benzene rings is 1. The smallest absolute Gasteiger partial charge is 0.331 e. The zero-order valence-electron chi connectivity index (χ0n) is 11.9. The monoisotopic (exact) mass is 308 g/mol. The normalized spacial score (nSPS) is 11.1. The second kappa shape index (κ2) is 5.09. The van der Waals surface area contributed by atoms with Crippen LogP contribution in [0.3, 0.4) is 0 Å². The van der Waals surface area contributed by atoms with Crippen LogP contribution in [0, 0.1) is 0 Å². The Balaban J connectivity index is 1.59. The van der Waals surface area contributed by atoms with Crippen molar-refractivity contribution in [2.45, 2.75) is 6.54 Å². The molecule has 3 heterocycles. The van der Waals surface area contributed by atoms with E-state index in [1.165, 1.54) is 12.7 Å². The van der Waals surface area contributed by atoms with Crippen molar-refractivity contribution < 1.29 is 9.53 Å². The Morgan fingerprint density at radius 1 is 1.26 bits per heavy atom. The van der Waals surface area contributed by atoms with Crippen LogP contribution in [-0.4, -0.2) is 30.5 Å². The Kier molecular flexibility index (Phi) is 2.94. The van der Waals surface area contributed by atoms with Crippen LogP contribution < -0.4 is 10.5 Å². The van der Waals surface area contributed by atoms with Crippen LogP contribution in [-0.2, 0) is 11.3 Å². The number of carbonyl (C=O) groups excluding carboxylic acids is 1. The molecule has 4 aromatic rings. The minimum absolute atomic E-state index is 0.0214. The summed E-state index contributed by atoms with van der Waals surface area (Å²) in [5.74, 6) is 0.342. The number of imidazole rings is 1. The van der Waals surface area contributed by atoms with E-state index in [-0.39, 0.29) is 12.4 Å². The summed E-state index contributed by atoms with van der Waals surface area (Å²) < 4.78 is 7.00. The number of fused-ring (bicyclic) bond motifs is 2. The van der Waals surface area contributed by atoms with E-state index < -0.39 is 5.97 Å². The number of nitrogen functional groups attached to an aromatic ring is 1. The predicted octanol–water partition coefficient (Wildman–Crippen LogP) is 1.50. The average Bonchev–Trinajstić information content (AvgIpc) is 3.14. The van der Waals surface area contributed by atoms with Crippen molar-refractivity contribution in [3.8, 4) is 5.75 Å². The number of aromatic amines is 1. The topological polar surface area (TPSA) is 112 Å². The van der Waals surface area contributed by atoms with Crippen LogP contribution >= 0.6 is 0 Å². The molecule has 0 saturated carbocycles. The zero-order valence-corrected chi connectivity index (χ0v) is 11.9. The summed E-state index contributed by atoms with van der Waals surface area (Å²) in [5.41, 5.74) is 7.59. The van der Waals surface area contributed by atoms with Gasteiger partial charge >= 0.3 is 5.97 Å². The highest BCUT2D eigenvalue weighted by Crippen LogP contribution is 2.25. The Morgan fingerprint density at radius 3 is 3.04 bits per heavy atom. The van der Waals surface area contributed by atoms with Gasteiger partial charge in [-0.2, -0.15) is 0 Å². The Bertz CT molecular complexity index is 1020. The number of hydrogen-bond donors (Lipinski definition) is 2. The number of H-pyrrole nitrogens is 1. The summed E-state index contributed by atoms with van der Waals surface area (Å²) in [6.45, 7) is -0.0214. The van der Waals surface area contributed by atoms with E-state index in [1.807, 2.05) is 24.3 Å². The fraction of sp³-hybridized carbons (Fsp3) is 0.0667. The van der Waals surface area contributed by atoms with E-state index in [0.29, 0.717) is 16.9 Å². The van der Waals surface area contributed by atoms with Crippen LogP contribution in [0.1, 0.15) is 0 Å². The highest BCUT2D eigenvalue weighted by molar-refractivity contribution is 5.89. The number of aromatic nitrogens is 5. The largest absolute Gasteiger partial charge is 0.423 e. The number of para-hydroxylation sites is 1. The van der Waals surface area contributed by atoms with Gasteiger partial charge in [-0.05, 0) is 12.1 Å². The SMILES string of the molecule is Nc1ncnc2c1ncn2CC(=O)Oc1c[nH]c2ccccc12. The number of carbonyl (C=O) groups is 1. The quantitative estimate of drug-likeness (QED) is 0.555. The number of nitrogens with one attached hydrogen (secondary N) is 1. The molecular weight excluding hydrogens is 296 g/mol. The molecule has 3 N–H and O–H groups in total. The van der Waals surface area contributed by atoms with Gasteiger partial charge in [-0.25, -0.2) is 19.7 Å². The van der Waals surface area contributed by atoms with Gasteiger partial charge < -0.3 is 20.0 Å². The molecular formula is C15H12N6O2. The molecule has 0 aliphatic carbocycles. The maximum atomic E-state index is 12.2. The Labute approximate surface area is 129 Å². The lowest BCUT2D eigenvalue weighted by molar-refractivity contribution is -0.134. The summed E-state index contributed by atoms with van der Waals surface area (Å²) >= 11 is 0. The summed E-state index contributed by atoms with van der Waals surface area (Å²) in [7, 11) is 0. The second-order valence-electron chi connectivity index (χ2n) is 4.98. The number of esters is 1. The van der Waals surface area contributed by atoms with Gasteiger partial charge in [0, 0.05) is 17.1 Å². The summed E-state index contributed by atoms with van der Waals surface area (Å²) in [6.07, 6.45) is 4.49.